The van der Waals surface area contributed by atoms with Gasteiger partial charge in [0.05, 0.1) is 19.7 Å². The fourth-order valence-corrected chi connectivity index (χ4v) is 4.86. The Kier molecular flexibility index (Phi) is 4.99. The maximum Gasteiger partial charge on any atom is 0.231 e. The molecule has 0 spiro atoms. The molecule has 7 nitrogen and oxygen atoms in total. The van der Waals surface area contributed by atoms with E-state index in [1.54, 1.807) is 14.2 Å². The van der Waals surface area contributed by atoms with E-state index in [-0.39, 0.29) is 6.79 Å². The normalized spacial score (nSPS) is 15.6. The van der Waals surface area contributed by atoms with Crippen molar-refractivity contribution in [3.05, 3.63) is 36.4 Å². The van der Waals surface area contributed by atoms with E-state index >= 15 is 0 Å². The zero-order chi connectivity index (χ0) is 22.4. The summed E-state index contributed by atoms with van der Waals surface area (Å²) in [5.41, 5.74) is 0.863. The molecule has 2 aliphatic rings. The molecule has 1 aromatic heterocycles. The molecular weight excluding hydrogens is 420 g/mol. The monoisotopic (exact) mass is 446 g/mol. The average Bonchev–Trinajstić information content (AvgIpc) is 3.53. The van der Waals surface area contributed by atoms with E-state index < -0.39 is 0 Å². The fraction of sp³-hybridized carbons (Fsp3) is 0.346. The molecule has 1 fully saturated rings. The molecule has 0 unspecified atom stereocenters. The van der Waals surface area contributed by atoms with Gasteiger partial charge >= 0.3 is 0 Å². The molecule has 7 heteroatoms. The SMILES string of the molecule is COc1cc2c(OCCN3CCCC3)nc3c4cc5c(cc4ccc3c2cc1OC)OCO5. The second kappa shape index (κ2) is 8.15. The van der Waals surface area contributed by atoms with Crippen molar-refractivity contribution in [3.8, 4) is 28.9 Å². The molecule has 4 aromatic rings. The first-order chi connectivity index (χ1) is 16.2. The minimum atomic E-state index is 0.238. The summed E-state index contributed by atoms with van der Waals surface area (Å²) in [7, 11) is 3.29. The third-order valence-electron chi connectivity index (χ3n) is 6.59. The highest BCUT2D eigenvalue weighted by atomic mass is 16.7. The minimum absolute atomic E-state index is 0.238. The van der Waals surface area contributed by atoms with Gasteiger partial charge in [0.1, 0.15) is 6.61 Å². The number of benzene rings is 3. The molecule has 0 amide bonds. The van der Waals surface area contributed by atoms with Crippen LogP contribution < -0.4 is 23.7 Å². The molecule has 0 radical (unpaired) electrons. The van der Waals surface area contributed by atoms with Crippen LogP contribution in [0.4, 0.5) is 0 Å². The largest absolute Gasteiger partial charge is 0.493 e. The Labute approximate surface area is 191 Å². The summed E-state index contributed by atoms with van der Waals surface area (Å²) < 4.78 is 28.7. The first kappa shape index (κ1) is 20.2. The first-order valence-electron chi connectivity index (χ1n) is 11.3. The Bertz CT molecular complexity index is 1360. The van der Waals surface area contributed by atoms with Crippen molar-refractivity contribution in [2.24, 2.45) is 0 Å². The summed E-state index contributed by atoms with van der Waals surface area (Å²) >= 11 is 0. The smallest absolute Gasteiger partial charge is 0.231 e. The van der Waals surface area contributed by atoms with Gasteiger partial charge < -0.3 is 23.7 Å². The first-order valence-corrected chi connectivity index (χ1v) is 11.3. The molecule has 0 aliphatic carbocycles. The molecule has 6 rings (SSSR count). The van der Waals surface area contributed by atoms with Gasteiger partial charge in [-0.25, -0.2) is 4.98 Å². The van der Waals surface area contributed by atoms with Crippen LogP contribution in [0.2, 0.25) is 0 Å². The molecule has 3 aromatic carbocycles. The number of ether oxygens (including phenoxy) is 5. The molecular formula is C26H26N2O5. The number of aromatic nitrogens is 1. The predicted octanol–water partition coefficient (Wildman–Crippen LogP) is 4.76. The number of hydrogen-bond donors (Lipinski definition) is 0. The van der Waals surface area contributed by atoms with Crippen LogP contribution in [0.1, 0.15) is 12.8 Å². The molecule has 33 heavy (non-hydrogen) atoms. The number of nitrogens with zero attached hydrogens (tertiary/aromatic N) is 2. The predicted molar refractivity (Wildman–Crippen MR) is 127 cm³/mol. The van der Waals surface area contributed by atoms with Gasteiger partial charge in [-0.3, -0.25) is 4.90 Å². The average molecular weight is 447 g/mol. The maximum atomic E-state index is 6.30. The lowest BCUT2D eigenvalue weighted by molar-refractivity contribution is 0.174. The van der Waals surface area contributed by atoms with Gasteiger partial charge in [-0.05, 0) is 55.6 Å². The molecule has 1 saturated heterocycles. The Balaban J connectivity index is 1.54. The highest BCUT2D eigenvalue weighted by molar-refractivity contribution is 6.17. The van der Waals surface area contributed by atoms with Crippen LogP contribution >= 0.6 is 0 Å². The summed E-state index contributed by atoms with van der Waals surface area (Å²) in [6, 6.07) is 12.2. The Morgan fingerprint density at radius 1 is 0.848 bits per heavy atom. The number of likely N-dealkylation sites (tertiary alicyclic amines) is 1. The van der Waals surface area contributed by atoms with E-state index in [0.29, 0.717) is 24.0 Å². The molecule has 2 aliphatic heterocycles. The van der Waals surface area contributed by atoms with Crippen molar-refractivity contribution in [2.75, 3.05) is 47.3 Å². The lowest BCUT2D eigenvalue weighted by Gasteiger charge is -2.17. The molecule has 3 heterocycles. The van der Waals surface area contributed by atoms with Crippen molar-refractivity contribution in [1.29, 1.82) is 0 Å². The second-order valence-electron chi connectivity index (χ2n) is 8.46. The highest BCUT2D eigenvalue weighted by Gasteiger charge is 2.20. The van der Waals surface area contributed by atoms with Gasteiger partial charge in [-0.2, -0.15) is 0 Å². The zero-order valence-corrected chi connectivity index (χ0v) is 18.8. The number of methoxy groups -OCH3 is 2. The third-order valence-corrected chi connectivity index (χ3v) is 6.59. The van der Waals surface area contributed by atoms with Crippen LogP contribution in [0.25, 0.3) is 32.4 Å². The van der Waals surface area contributed by atoms with Gasteiger partial charge in [0.25, 0.3) is 0 Å². The minimum Gasteiger partial charge on any atom is -0.493 e. The van der Waals surface area contributed by atoms with E-state index in [1.807, 2.05) is 24.3 Å². The topological polar surface area (TPSA) is 62.3 Å². The number of pyridine rings is 1. The van der Waals surface area contributed by atoms with E-state index in [9.17, 15) is 0 Å². The number of rotatable bonds is 6. The zero-order valence-electron chi connectivity index (χ0n) is 18.8. The second-order valence-corrected chi connectivity index (χ2v) is 8.46. The maximum absolute atomic E-state index is 6.30. The summed E-state index contributed by atoms with van der Waals surface area (Å²) in [4.78, 5) is 7.45. The Hall–Kier alpha value is -3.45. The quantitative estimate of drug-likeness (QED) is 0.396. The van der Waals surface area contributed by atoms with Gasteiger partial charge in [-0.1, -0.05) is 12.1 Å². The van der Waals surface area contributed by atoms with Crippen molar-refractivity contribution in [3.63, 3.8) is 0 Å². The van der Waals surface area contributed by atoms with Crippen LogP contribution in [0.5, 0.6) is 28.9 Å². The van der Waals surface area contributed by atoms with Crippen LogP contribution in [0, 0.1) is 0 Å². The van der Waals surface area contributed by atoms with Crippen molar-refractivity contribution in [1.82, 2.24) is 9.88 Å². The van der Waals surface area contributed by atoms with Gasteiger partial charge in [0.2, 0.25) is 12.7 Å². The van der Waals surface area contributed by atoms with E-state index in [0.717, 1.165) is 63.6 Å². The summed E-state index contributed by atoms with van der Waals surface area (Å²) in [6.45, 7) is 3.99. The Morgan fingerprint density at radius 2 is 1.58 bits per heavy atom. The van der Waals surface area contributed by atoms with E-state index in [1.165, 1.54) is 12.8 Å². The van der Waals surface area contributed by atoms with Crippen LogP contribution in [0.15, 0.2) is 36.4 Å². The van der Waals surface area contributed by atoms with E-state index in [4.69, 9.17) is 28.7 Å². The van der Waals surface area contributed by atoms with Crippen molar-refractivity contribution in [2.45, 2.75) is 12.8 Å². The standard InChI is InChI=1S/C26H26N2O5/c1-29-21-13-19-17-6-5-16-11-23-24(33-15-32-23)12-18(16)25(17)27-26(20(19)14-22(21)30-2)31-10-9-28-7-3-4-8-28/h5-6,11-14H,3-4,7-10,15H2,1-2H3. The van der Waals surface area contributed by atoms with Gasteiger partial charge in [0, 0.05) is 28.1 Å². The molecule has 170 valence electrons. The van der Waals surface area contributed by atoms with Crippen LogP contribution in [0.3, 0.4) is 0 Å². The molecule has 0 atom stereocenters. The molecule has 0 bridgehead atoms. The Morgan fingerprint density at radius 3 is 2.33 bits per heavy atom. The van der Waals surface area contributed by atoms with Crippen LogP contribution in [-0.4, -0.2) is 57.1 Å². The number of hydrogen-bond acceptors (Lipinski definition) is 7. The fourth-order valence-electron chi connectivity index (χ4n) is 4.86. The lowest BCUT2D eigenvalue weighted by atomic mass is 10.0. The van der Waals surface area contributed by atoms with Crippen molar-refractivity contribution >= 4 is 32.4 Å². The van der Waals surface area contributed by atoms with Crippen LogP contribution in [-0.2, 0) is 0 Å². The lowest BCUT2D eigenvalue weighted by Crippen LogP contribution is -2.25. The summed E-state index contributed by atoms with van der Waals surface area (Å²) in [5.74, 6) is 3.42. The number of fused-ring (bicyclic) bond motifs is 6. The highest BCUT2D eigenvalue weighted by Crippen LogP contribution is 2.43. The van der Waals surface area contributed by atoms with Gasteiger partial charge in [-0.15, -0.1) is 0 Å². The summed E-state index contributed by atoms with van der Waals surface area (Å²) in [6.07, 6.45) is 2.52. The van der Waals surface area contributed by atoms with Gasteiger partial charge in [0.15, 0.2) is 23.0 Å². The third kappa shape index (κ3) is 3.43. The molecule has 0 N–H and O–H groups in total. The molecule has 0 saturated carbocycles. The van der Waals surface area contributed by atoms with Crippen molar-refractivity contribution < 1.29 is 23.7 Å². The van der Waals surface area contributed by atoms with E-state index in [2.05, 4.69) is 17.0 Å². The summed E-state index contributed by atoms with van der Waals surface area (Å²) in [5, 5.41) is 4.97.